The molecule has 174 valence electrons. The van der Waals surface area contributed by atoms with Gasteiger partial charge in [0.05, 0.1) is 6.54 Å². The average molecular weight is 512 g/mol. The van der Waals surface area contributed by atoms with Gasteiger partial charge in [-0.05, 0) is 85.7 Å². The SMILES string of the molecule is Cc1cccc(C)c1NC(=O)Cn1nc(CNc2ccc(Cl)cc2)n(-c2ccc(Cl)cc2)c1=S. The van der Waals surface area contributed by atoms with Gasteiger partial charge in [0.25, 0.3) is 0 Å². The van der Waals surface area contributed by atoms with E-state index in [4.69, 9.17) is 35.4 Å². The molecule has 4 aromatic rings. The van der Waals surface area contributed by atoms with E-state index < -0.39 is 0 Å². The smallest absolute Gasteiger partial charge is 0.246 e. The fourth-order valence-corrected chi connectivity index (χ4v) is 4.16. The topological polar surface area (TPSA) is 63.9 Å². The van der Waals surface area contributed by atoms with Gasteiger partial charge in [-0.2, -0.15) is 5.10 Å². The number of anilines is 2. The number of amides is 1. The maximum atomic E-state index is 12.9. The standard InChI is InChI=1S/C25H23Cl2N5OS/c1-16-4-3-5-17(2)24(16)29-23(33)15-31-25(34)32(21-12-8-19(27)9-13-21)22(30-31)14-28-20-10-6-18(26)7-11-20/h3-13,28H,14-15H2,1-2H3,(H,29,33). The van der Waals surface area contributed by atoms with E-state index in [1.54, 1.807) is 12.1 Å². The van der Waals surface area contributed by atoms with Crippen LogP contribution >= 0.6 is 35.4 Å². The van der Waals surface area contributed by atoms with E-state index in [2.05, 4.69) is 15.7 Å². The number of aryl methyl sites for hydroxylation is 2. The zero-order valence-corrected chi connectivity index (χ0v) is 21.0. The van der Waals surface area contributed by atoms with Gasteiger partial charge < -0.3 is 10.6 Å². The lowest BCUT2D eigenvalue weighted by Gasteiger charge is -2.11. The molecule has 0 aliphatic rings. The molecule has 0 radical (unpaired) electrons. The number of nitrogens with one attached hydrogen (secondary N) is 2. The molecule has 0 saturated carbocycles. The summed E-state index contributed by atoms with van der Waals surface area (Å²) in [5, 5.41) is 12.3. The summed E-state index contributed by atoms with van der Waals surface area (Å²) in [4.78, 5) is 12.9. The van der Waals surface area contributed by atoms with Crippen molar-refractivity contribution in [2.45, 2.75) is 26.9 Å². The summed E-state index contributed by atoms with van der Waals surface area (Å²) in [7, 11) is 0. The second-order valence-corrected chi connectivity index (χ2v) is 9.08. The van der Waals surface area contributed by atoms with Crippen LogP contribution in [0.3, 0.4) is 0 Å². The van der Waals surface area contributed by atoms with E-state index in [0.29, 0.717) is 27.2 Å². The highest BCUT2D eigenvalue weighted by Crippen LogP contribution is 2.21. The number of para-hydroxylation sites is 1. The van der Waals surface area contributed by atoms with Gasteiger partial charge in [-0.1, -0.05) is 41.4 Å². The highest BCUT2D eigenvalue weighted by atomic mass is 35.5. The molecule has 34 heavy (non-hydrogen) atoms. The zero-order valence-electron chi connectivity index (χ0n) is 18.7. The van der Waals surface area contributed by atoms with Crippen molar-refractivity contribution in [3.05, 3.63) is 98.5 Å². The molecule has 0 saturated heterocycles. The molecule has 0 aliphatic heterocycles. The quantitative estimate of drug-likeness (QED) is 0.275. The van der Waals surface area contributed by atoms with Crippen LogP contribution in [0.5, 0.6) is 0 Å². The third-order valence-electron chi connectivity index (χ3n) is 5.32. The van der Waals surface area contributed by atoms with Crippen LogP contribution in [0.1, 0.15) is 17.0 Å². The van der Waals surface area contributed by atoms with Crippen LogP contribution in [0, 0.1) is 18.6 Å². The van der Waals surface area contributed by atoms with Crippen molar-refractivity contribution in [1.82, 2.24) is 14.3 Å². The van der Waals surface area contributed by atoms with Crippen LogP contribution in [-0.4, -0.2) is 20.3 Å². The fourth-order valence-electron chi connectivity index (χ4n) is 3.60. The molecule has 9 heteroatoms. The highest BCUT2D eigenvalue weighted by Gasteiger charge is 2.16. The summed E-state index contributed by atoms with van der Waals surface area (Å²) in [6.07, 6.45) is 0. The molecule has 3 aromatic carbocycles. The molecule has 0 bridgehead atoms. The Morgan fingerprint density at radius 2 is 1.53 bits per heavy atom. The number of hydrogen-bond acceptors (Lipinski definition) is 4. The number of carbonyl (C=O) groups excluding carboxylic acids is 1. The second kappa shape index (κ2) is 10.4. The zero-order chi connectivity index (χ0) is 24.2. The number of nitrogens with zero attached hydrogens (tertiary/aromatic N) is 3. The largest absolute Gasteiger partial charge is 0.378 e. The first kappa shape index (κ1) is 24.0. The van der Waals surface area contributed by atoms with Crippen molar-refractivity contribution in [2.24, 2.45) is 0 Å². The molecule has 4 rings (SSSR count). The highest BCUT2D eigenvalue weighted by molar-refractivity contribution is 7.71. The van der Waals surface area contributed by atoms with Crippen molar-refractivity contribution in [3.63, 3.8) is 0 Å². The third kappa shape index (κ3) is 5.50. The minimum absolute atomic E-state index is 0.0128. The van der Waals surface area contributed by atoms with Crippen molar-refractivity contribution < 1.29 is 4.79 Å². The Bertz CT molecular complexity index is 1360. The number of benzene rings is 3. The van der Waals surface area contributed by atoms with Gasteiger partial charge in [0.15, 0.2) is 5.82 Å². The van der Waals surface area contributed by atoms with E-state index in [1.165, 1.54) is 4.68 Å². The van der Waals surface area contributed by atoms with Gasteiger partial charge in [-0.15, -0.1) is 0 Å². The van der Waals surface area contributed by atoms with Gasteiger partial charge in [0.2, 0.25) is 10.7 Å². The van der Waals surface area contributed by atoms with Crippen LogP contribution in [0.25, 0.3) is 5.69 Å². The average Bonchev–Trinajstić information content (AvgIpc) is 3.11. The molecule has 1 heterocycles. The van der Waals surface area contributed by atoms with Crippen LogP contribution in [0.4, 0.5) is 11.4 Å². The van der Waals surface area contributed by atoms with Gasteiger partial charge in [-0.3, -0.25) is 9.36 Å². The summed E-state index contributed by atoms with van der Waals surface area (Å²) >= 11 is 17.8. The Kier molecular flexibility index (Phi) is 7.36. The van der Waals surface area contributed by atoms with Gasteiger partial charge in [0, 0.05) is 27.1 Å². The molecule has 1 amide bonds. The van der Waals surface area contributed by atoms with Crippen molar-refractivity contribution >= 4 is 52.7 Å². The number of halogens is 2. The maximum Gasteiger partial charge on any atom is 0.246 e. The number of hydrogen-bond donors (Lipinski definition) is 2. The Morgan fingerprint density at radius 3 is 2.15 bits per heavy atom. The van der Waals surface area contributed by atoms with E-state index in [1.807, 2.05) is 73.0 Å². The molecule has 0 unspecified atom stereocenters. The summed E-state index contributed by atoms with van der Waals surface area (Å²) in [6, 6.07) is 20.6. The Hall–Kier alpha value is -3.13. The first-order chi connectivity index (χ1) is 16.3. The number of aromatic nitrogens is 3. The number of rotatable bonds is 7. The van der Waals surface area contributed by atoms with Gasteiger partial charge in [-0.25, -0.2) is 4.68 Å². The molecule has 2 N–H and O–H groups in total. The maximum absolute atomic E-state index is 12.9. The van der Waals surface area contributed by atoms with E-state index >= 15 is 0 Å². The minimum atomic E-state index is -0.202. The van der Waals surface area contributed by atoms with Crippen LogP contribution in [-0.2, 0) is 17.9 Å². The molecule has 0 aliphatic carbocycles. The lowest BCUT2D eigenvalue weighted by atomic mass is 10.1. The Balaban J connectivity index is 1.62. The Morgan fingerprint density at radius 1 is 0.941 bits per heavy atom. The second-order valence-electron chi connectivity index (χ2n) is 7.84. The molecular formula is C25H23Cl2N5OS. The van der Waals surface area contributed by atoms with Crippen LogP contribution in [0.2, 0.25) is 10.0 Å². The predicted octanol–water partition coefficient (Wildman–Crippen LogP) is 6.58. The molecule has 0 atom stereocenters. The lowest BCUT2D eigenvalue weighted by molar-refractivity contribution is -0.116. The normalized spacial score (nSPS) is 10.8. The molecule has 0 fully saturated rings. The van der Waals surface area contributed by atoms with Crippen molar-refractivity contribution in [1.29, 1.82) is 0 Å². The fraction of sp³-hybridized carbons (Fsp3) is 0.160. The molecular weight excluding hydrogens is 489 g/mol. The number of carbonyl (C=O) groups is 1. The van der Waals surface area contributed by atoms with Crippen molar-refractivity contribution in [3.8, 4) is 5.69 Å². The first-order valence-corrected chi connectivity index (χ1v) is 11.8. The molecule has 6 nitrogen and oxygen atoms in total. The van der Waals surface area contributed by atoms with Gasteiger partial charge >= 0.3 is 0 Å². The minimum Gasteiger partial charge on any atom is -0.378 e. The Labute approximate surface area is 213 Å². The predicted molar refractivity (Wildman–Crippen MR) is 141 cm³/mol. The van der Waals surface area contributed by atoms with E-state index in [0.717, 1.165) is 28.2 Å². The van der Waals surface area contributed by atoms with Crippen molar-refractivity contribution in [2.75, 3.05) is 10.6 Å². The summed E-state index contributed by atoms with van der Waals surface area (Å²) in [6.45, 7) is 4.30. The first-order valence-electron chi connectivity index (χ1n) is 10.6. The third-order valence-corrected chi connectivity index (χ3v) is 6.22. The molecule has 1 aromatic heterocycles. The molecule has 0 spiro atoms. The van der Waals surface area contributed by atoms with E-state index in [9.17, 15) is 4.79 Å². The summed E-state index contributed by atoms with van der Waals surface area (Å²) in [5.41, 5.74) is 4.50. The monoisotopic (exact) mass is 511 g/mol. The van der Waals surface area contributed by atoms with Crippen LogP contribution in [0.15, 0.2) is 66.7 Å². The summed E-state index contributed by atoms with van der Waals surface area (Å²) in [5.74, 6) is 0.452. The summed E-state index contributed by atoms with van der Waals surface area (Å²) < 4.78 is 3.78. The van der Waals surface area contributed by atoms with E-state index in [-0.39, 0.29) is 12.5 Å². The lowest BCUT2D eigenvalue weighted by Crippen LogP contribution is -2.21. The van der Waals surface area contributed by atoms with Gasteiger partial charge in [0.1, 0.15) is 6.54 Å². The van der Waals surface area contributed by atoms with Crippen LogP contribution < -0.4 is 10.6 Å².